The Balaban J connectivity index is 0.935. The standard InChI is InChI=1S/C51H61N7O5/c1-33(2)43(56-49(61)62-4)47(59)57-27-12-15-41(57)45-52-30-39(53-45)36-20-16-34(17-21-36)35-18-22-37(23-19-35)44-40-31-63-28-11-6-5-10-24-50(3,38-13-8-7-9-14-38)48(60)58-32-51(25-26-51)29-42(58)46(54-40)55-44/h7-9,13-14,16-23,30,33,41-43H,5-6,10-12,15,24-29,31-32H2,1-4H3,(H,52,53)(H,54,55)(H,56,61)/t41-,42-,43-,50-/m0/s1. The van der Waals surface area contributed by atoms with Crippen LogP contribution in [0.15, 0.2) is 85.1 Å². The van der Waals surface area contributed by atoms with Gasteiger partial charge in [0.1, 0.15) is 17.7 Å². The number of aromatic nitrogens is 4. The quantitative estimate of drug-likeness (QED) is 0.141. The number of likely N-dealkylation sites (tertiary alicyclic amines) is 1. The van der Waals surface area contributed by atoms with Crippen molar-refractivity contribution in [2.24, 2.45) is 11.3 Å². The maximum Gasteiger partial charge on any atom is 0.407 e. The normalized spacial score (nSPS) is 23.0. The number of nitrogens with one attached hydrogen (secondary N) is 3. The number of imidazole rings is 2. The molecular weight excluding hydrogens is 791 g/mol. The van der Waals surface area contributed by atoms with Gasteiger partial charge < -0.3 is 34.6 Å². The second-order valence-electron chi connectivity index (χ2n) is 18.9. The van der Waals surface area contributed by atoms with Crippen molar-refractivity contribution < 1.29 is 23.9 Å². The molecule has 1 aliphatic carbocycles. The fraction of sp³-hybridized carbons (Fsp3) is 0.471. The van der Waals surface area contributed by atoms with Crippen LogP contribution < -0.4 is 5.32 Å². The summed E-state index contributed by atoms with van der Waals surface area (Å²) in [7, 11) is 1.30. The summed E-state index contributed by atoms with van der Waals surface area (Å²) in [5.41, 5.74) is 7.56. The molecule has 3 fully saturated rings. The predicted molar refractivity (Wildman–Crippen MR) is 242 cm³/mol. The molecular formula is C51H61N7O5. The fourth-order valence-corrected chi connectivity index (χ4v) is 10.2. The summed E-state index contributed by atoms with van der Waals surface area (Å²) in [5, 5.41) is 2.72. The van der Waals surface area contributed by atoms with Crippen molar-refractivity contribution in [1.29, 1.82) is 0 Å². The number of amides is 3. The molecule has 5 heterocycles. The van der Waals surface area contributed by atoms with Gasteiger partial charge in [-0.2, -0.15) is 0 Å². The maximum absolute atomic E-state index is 14.9. The first kappa shape index (κ1) is 42.5. The molecule has 9 rings (SSSR count). The minimum atomic E-state index is -0.683. The molecule has 2 aromatic heterocycles. The van der Waals surface area contributed by atoms with Gasteiger partial charge in [0, 0.05) is 25.3 Å². The number of nitrogens with zero attached hydrogens (tertiary/aromatic N) is 4. The van der Waals surface area contributed by atoms with Crippen LogP contribution >= 0.6 is 0 Å². The molecule has 3 amide bonds. The van der Waals surface area contributed by atoms with Crippen LogP contribution in [-0.4, -0.2) is 80.5 Å². The van der Waals surface area contributed by atoms with Crippen LogP contribution in [-0.2, 0) is 31.1 Å². The largest absolute Gasteiger partial charge is 0.453 e. The lowest BCUT2D eigenvalue weighted by molar-refractivity contribution is -0.138. The van der Waals surface area contributed by atoms with Gasteiger partial charge in [-0.15, -0.1) is 0 Å². The molecule has 4 aliphatic rings. The van der Waals surface area contributed by atoms with Crippen LogP contribution in [0, 0.1) is 11.3 Å². The van der Waals surface area contributed by atoms with Crippen LogP contribution in [0.4, 0.5) is 4.79 Å². The van der Waals surface area contributed by atoms with Crippen molar-refractivity contribution in [3.8, 4) is 33.6 Å². The number of carbonyl (C=O) groups excluding carboxylic acids is 3. The Morgan fingerprint density at radius 1 is 0.841 bits per heavy atom. The Kier molecular flexibility index (Phi) is 12.0. The van der Waals surface area contributed by atoms with E-state index in [-0.39, 0.29) is 35.2 Å². The average Bonchev–Trinajstić information content (AvgIpc) is 3.79. The molecule has 330 valence electrons. The highest BCUT2D eigenvalue weighted by Crippen LogP contribution is 2.59. The van der Waals surface area contributed by atoms with Gasteiger partial charge in [-0.25, -0.2) is 14.8 Å². The van der Waals surface area contributed by atoms with Gasteiger partial charge >= 0.3 is 6.09 Å². The third-order valence-electron chi connectivity index (χ3n) is 14.2. The van der Waals surface area contributed by atoms with E-state index >= 15 is 0 Å². The SMILES string of the molecule is COC(=O)N[C@H](C(=O)N1CCC[C@H]1c1ncc(-c2ccc(-c3ccc(-c4nc5[nH]c4COCCCCCC[C@@](C)(c4ccccc4)C(=O)N4CC6(CC6)C[C@@H]54)cc3)cc2)[nH]1)C(C)C. The van der Waals surface area contributed by atoms with Gasteiger partial charge in [0.2, 0.25) is 11.8 Å². The minimum absolute atomic E-state index is 0.101. The van der Waals surface area contributed by atoms with E-state index in [1.165, 1.54) is 7.11 Å². The second-order valence-corrected chi connectivity index (χ2v) is 18.9. The van der Waals surface area contributed by atoms with Gasteiger partial charge in [0.15, 0.2) is 0 Å². The van der Waals surface area contributed by atoms with Crippen molar-refractivity contribution in [3.63, 3.8) is 0 Å². The van der Waals surface area contributed by atoms with E-state index in [9.17, 15) is 14.4 Å². The molecule has 0 radical (unpaired) electrons. The summed E-state index contributed by atoms with van der Waals surface area (Å²) in [6.45, 7) is 8.50. The Morgan fingerprint density at radius 2 is 1.54 bits per heavy atom. The Hall–Kier alpha value is -5.75. The van der Waals surface area contributed by atoms with E-state index in [2.05, 4.69) is 99.9 Å². The van der Waals surface area contributed by atoms with Gasteiger partial charge in [-0.1, -0.05) is 112 Å². The molecule has 5 aromatic rings. The number of hydrogen-bond donors (Lipinski definition) is 3. The highest BCUT2D eigenvalue weighted by molar-refractivity contribution is 5.89. The van der Waals surface area contributed by atoms with Gasteiger partial charge in [-0.05, 0) is 85.5 Å². The van der Waals surface area contributed by atoms with Crippen LogP contribution in [0.3, 0.4) is 0 Å². The van der Waals surface area contributed by atoms with Crippen LogP contribution in [0.1, 0.15) is 120 Å². The highest BCUT2D eigenvalue weighted by atomic mass is 16.5. The van der Waals surface area contributed by atoms with E-state index in [0.29, 0.717) is 19.8 Å². The third-order valence-corrected chi connectivity index (χ3v) is 14.2. The number of rotatable bonds is 8. The highest BCUT2D eigenvalue weighted by Gasteiger charge is 2.56. The zero-order valence-electron chi connectivity index (χ0n) is 37.1. The molecule has 3 aromatic carbocycles. The number of H-pyrrole nitrogens is 2. The Bertz CT molecular complexity index is 2400. The molecule has 63 heavy (non-hydrogen) atoms. The van der Waals surface area contributed by atoms with Crippen LogP contribution in [0.5, 0.6) is 0 Å². The molecule has 1 spiro atoms. The van der Waals surface area contributed by atoms with Crippen molar-refractivity contribution in [2.45, 2.75) is 115 Å². The number of fused-ring (bicyclic) bond motifs is 4. The molecule has 12 heteroatoms. The molecule has 2 bridgehead atoms. The first-order valence-corrected chi connectivity index (χ1v) is 23.0. The second kappa shape index (κ2) is 17.8. The van der Waals surface area contributed by atoms with Crippen molar-refractivity contribution in [3.05, 3.63) is 108 Å². The number of alkyl carbamates (subject to hydrolysis) is 1. The monoisotopic (exact) mass is 851 g/mol. The van der Waals surface area contributed by atoms with Gasteiger partial charge in [0.25, 0.3) is 0 Å². The van der Waals surface area contributed by atoms with E-state index in [1.807, 2.05) is 31.0 Å². The summed E-state index contributed by atoms with van der Waals surface area (Å²) in [6.07, 6.45) is 11.1. The third kappa shape index (κ3) is 8.66. The van der Waals surface area contributed by atoms with E-state index in [0.717, 1.165) is 127 Å². The molecule has 4 atom stereocenters. The number of ether oxygens (including phenoxy) is 2. The first-order valence-electron chi connectivity index (χ1n) is 23.0. The number of benzene rings is 3. The Morgan fingerprint density at radius 3 is 2.24 bits per heavy atom. The lowest BCUT2D eigenvalue weighted by Gasteiger charge is -2.36. The topological polar surface area (TPSA) is 146 Å². The summed E-state index contributed by atoms with van der Waals surface area (Å²) in [6, 6.07) is 26.4. The first-order chi connectivity index (χ1) is 30.6. The van der Waals surface area contributed by atoms with Gasteiger partial charge in [0.05, 0.1) is 54.5 Å². The van der Waals surface area contributed by atoms with Crippen LogP contribution in [0.2, 0.25) is 0 Å². The van der Waals surface area contributed by atoms with Crippen molar-refractivity contribution in [2.75, 3.05) is 26.8 Å². The van der Waals surface area contributed by atoms with E-state index in [4.69, 9.17) is 19.4 Å². The Labute approximate surface area is 370 Å². The van der Waals surface area contributed by atoms with Crippen molar-refractivity contribution >= 4 is 17.9 Å². The van der Waals surface area contributed by atoms with Crippen LogP contribution in [0.25, 0.3) is 33.6 Å². The van der Waals surface area contributed by atoms with Crippen molar-refractivity contribution in [1.82, 2.24) is 35.1 Å². The summed E-state index contributed by atoms with van der Waals surface area (Å²) in [5.74, 6) is 1.58. The lowest BCUT2D eigenvalue weighted by atomic mass is 9.76. The molecule has 3 aliphatic heterocycles. The predicted octanol–water partition coefficient (Wildman–Crippen LogP) is 9.67. The summed E-state index contributed by atoms with van der Waals surface area (Å²) >= 11 is 0. The number of hydrogen-bond acceptors (Lipinski definition) is 7. The van der Waals surface area contributed by atoms with E-state index < -0.39 is 17.6 Å². The lowest BCUT2D eigenvalue weighted by Crippen LogP contribution is -2.51. The molecule has 12 nitrogen and oxygen atoms in total. The molecule has 0 unspecified atom stereocenters. The van der Waals surface area contributed by atoms with E-state index in [1.54, 1.807) is 0 Å². The number of aromatic amines is 2. The molecule has 1 saturated carbocycles. The molecule has 2 saturated heterocycles. The fourth-order valence-electron chi connectivity index (χ4n) is 10.2. The summed E-state index contributed by atoms with van der Waals surface area (Å²) in [4.78, 5) is 61.8. The average molecular weight is 852 g/mol. The number of methoxy groups -OCH3 is 1. The zero-order chi connectivity index (χ0) is 43.7. The number of carbonyl (C=O) groups is 3. The maximum atomic E-state index is 14.9. The smallest absolute Gasteiger partial charge is 0.407 e. The molecule has 3 N–H and O–H groups in total. The minimum Gasteiger partial charge on any atom is -0.453 e. The zero-order valence-corrected chi connectivity index (χ0v) is 37.1. The summed E-state index contributed by atoms with van der Waals surface area (Å²) < 4.78 is 11.1. The van der Waals surface area contributed by atoms with Gasteiger partial charge in [-0.3, -0.25) is 9.59 Å².